The van der Waals surface area contributed by atoms with Gasteiger partial charge in [0.1, 0.15) is 5.56 Å². The van der Waals surface area contributed by atoms with E-state index in [1.165, 1.54) is 21.9 Å². The van der Waals surface area contributed by atoms with Gasteiger partial charge < -0.3 is 5.32 Å². The minimum absolute atomic E-state index is 0.0408. The number of benzene rings is 1. The van der Waals surface area contributed by atoms with Crippen molar-refractivity contribution >= 4 is 22.2 Å². The van der Waals surface area contributed by atoms with E-state index in [4.69, 9.17) is 0 Å². The van der Waals surface area contributed by atoms with Gasteiger partial charge in [-0.3, -0.25) is 18.7 Å². The summed E-state index contributed by atoms with van der Waals surface area (Å²) in [5.41, 5.74) is 3.84. The first-order chi connectivity index (χ1) is 13.9. The summed E-state index contributed by atoms with van der Waals surface area (Å²) < 4.78 is 3.38. The molecule has 0 atom stereocenters. The Kier molecular flexibility index (Phi) is 5.02. The van der Waals surface area contributed by atoms with E-state index in [2.05, 4.69) is 15.4 Å². The standard InChI is InChI=1S/C21H21N5O2S/c1-13-7-14(2)26(24-13)12-17-6-4-5-16(8-17)9-22-19(27)18-10-23-21-25(20(18)28)11-15(3)29-21/h4-8,10-11H,9,12H2,1-3H3,(H,22,27). The van der Waals surface area contributed by atoms with E-state index in [-0.39, 0.29) is 11.1 Å². The minimum atomic E-state index is -0.426. The zero-order valence-corrected chi connectivity index (χ0v) is 17.3. The monoisotopic (exact) mass is 407 g/mol. The molecule has 7 nitrogen and oxygen atoms in total. The Hall–Kier alpha value is -3.26. The summed E-state index contributed by atoms with van der Waals surface area (Å²) in [7, 11) is 0. The maximum absolute atomic E-state index is 12.5. The Labute approximate surface area is 171 Å². The lowest BCUT2D eigenvalue weighted by Crippen LogP contribution is -2.30. The van der Waals surface area contributed by atoms with E-state index < -0.39 is 5.91 Å². The molecule has 148 valence electrons. The molecule has 1 N–H and O–H groups in total. The molecule has 0 unspecified atom stereocenters. The van der Waals surface area contributed by atoms with Crippen molar-refractivity contribution in [2.24, 2.45) is 0 Å². The molecule has 1 amide bonds. The van der Waals surface area contributed by atoms with Gasteiger partial charge in [0.25, 0.3) is 11.5 Å². The van der Waals surface area contributed by atoms with Crippen LogP contribution < -0.4 is 10.9 Å². The number of amides is 1. The molecule has 3 aromatic heterocycles. The quantitative estimate of drug-likeness (QED) is 0.552. The van der Waals surface area contributed by atoms with Crippen LogP contribution in [0, 0.1) is 20.8 Å². The largest absolute Gasteiger partial charge is 0.348 e. The van der Waals surface area contributed by atoms with Gasteiger partial charge in [0.2, 0.25) is 0 Å². The number of aryl methyl sites for hydroxylation is 3. The fraction of sp³-hybridized carbons (Fsp3) is 0.238. The Bertz CT molecular complexity index is 1270. The number of nitrogens with zero attached hydrogens (tertiary/aromatic N) is 4. The number of hydrogen-bond acceptors (Lipinski definition) is 5. The average molecular weight is 407 g/mol. The lowest BCUT2D eigenvalue weighted by molar-refractivity contribution is 0.0949. The van der Waals surface area contributed by atoms with E-state index in [1.807, 2.05) is 55.8 Å². The van der Waals surface area contributed by atoms with Gasteiger partial charge in [-0.2, -0.15) is 5.10 Å². The number of aromatic nitrogens is 4. The van der Waals surface area contributed by atoms with Gasteiger partial charge in [-0.25, -0.2) is 4.98 Å². The number of thiazole rings is 1. The van der Waals surface area contributed by atoms with Crippen LogP contribution in [0.5, 0.6) is 0 Å². The van der Waals surface area contributed by atoms with Gasteiger partial charge in [-0.1, -0.05) is 24.3 Å². The lowest BCUT2D eigenvalue weighted by Gasteiger charge is -2.09. The molecular formula is C21H21N5O2S. The molecule has 8 heteroatoms. The topological polar surface area (TPSA) is 81.3 Å². The first-order valence-corrected chi connectivity index (χ1v) is 10.1. The molecule has 0 bridgehead atoms. The number of nitrogens with one attached hydrogen (secondary N) is 1. The Morgan fingerprint density at radius 3 is 2.72 bits per heavy atom. The fourth-order valence-corrected chi connectivity index (χ4v) is 4.06. The zero-order valence-electron chi connectivity index (χ0n) is 16.5. The zero-order chi connectivity index (χ0) is 20.5. The molecule has 1 aromatic carbocycles. The summed E-state index contributed by atoms with van der Waals surface area (Å²) in [6.07, 6.45) is 3.05. The van der Waals surface area contributed by atoms with Crippen molar-refractivity contribution in [1.29, 1.82) is 0 Å². The molecule has 3 heterocycles. The molecular weight excluding hydrogens is 386 g/mol. The molecule has 29 heavy (non-hydrogen) atoms. The third-order valence-corrected chi connectivity index (χ3v) is 5.56. The predicted molar refractivity (Wildman–Crippen MR) is 112 cm³/mol. The highest BCUT2D eigenvalue weighted by Crippen LogP contribution is 2.13. The number of fused-ring (bicyclic) bond motifs is 1. The van der Waals surface area contributed by atoms with Crippen molar-refractivity contribution in [3.63, 3.8) is 0 Å². The summed E-state index contributed by atoms with van der Waals surface area (Å²) in [6, 6.07) is 10.0. The predicted octanol–water partition coefficient (Wildman–Crippen LogP) is 2.86. The number of rotatable bonds is 5. The van der Waals surface area contributed by atoms with Crippen LogP contribution in [0.4, 0.5) is 0 Å². The first kappa shape index (κ1) is 19.1. The molecule has 4 aromatic rings. The maximum atomic E-state index is 12.5. The van der Waals surface area contributed by atoms with Crippen molar-refractivity contribution in [2.45, 2.75) is 33.9 Å². The number of hydrogen-bond donors (Lipinski definition) is 1. The summed E-state index contributed by atoms with van der Waals surface area (Å²) in [5, 5.41) is 7.31. The maximum Gasteiger partial charge on any atom is 0.271 e. The second-order valence-electron chi connectivity index (χ2n) is 7.06. The van der Waals surface area contributed by atoms with Gasteiger partial charge >= 0.3 is 0 Å². The van der Waals surface area contributed by atoms with Crippen LogP contribution >= 0.6 is 11.3 Å². The van der Waals surface area contributed by atoms with Crippen LogP contribution in [0.25, 0.3) is 4.96 Å². The number of carbonyl (C=O) groups excluding carboxylic acids is 1. The fourth-order valence-electron chi connectivity index (χ4n) is 3.27. The van der Waals surface area contributed by atoms with Crippen LogP contribution in [0.3, 0.4) is 0 Å². The molecule has 0 aliphatic heterocycles. The highest BCUT2D eigenvalue weighted by atomic mass is 32.1. The Morgan fingerprint density at radius 1 is 1.17 bits per heavy atom. The second kappa shape index (κ2) is 7.63. The smallest absolute Gasteiger partial charge is 0.271 e. The van der Waals surface area contributed by atoms with Gasteiger partial charge in [0, 0.05) is 29.5 Å². The molecule has 0 saturated heterocycles. The molecule has 0 aliphatic carbocycles. The highest BCUT2D eigenvalue weighted by Gasteiger charge is 2.14. The second-order valence-corrected chi connectivity index (χ2v) is 8.27. The van der Waals surface area contributed by atoms with Crippen molar-refractivity contribution in [1.82, 2.24) is 24.5 Å². The Balaban J connectivity index is 1.48. The molecule has 0 spiro atoms. The normalized spacial score (nSPS) is 11.1. The summed E-state index contributed by atoms with van der Waals surface area (Å²) in [5.74, 6) is -0.426. The summed E-state index contributed by atoms with van der Waals surface area (Å²) in [6.45, 7) is 6.90. The van der Waals surface area contributed by atoms with Gasteiger partial charge in [0.15, 0.2) is 4.96 Å². The van der Waals surface area contributed by atoms with Gasteiger partial charge in [0.05, 0.1) is 12.2 Å². The number of carbonyl (C=O) groups is 1. The summed E-state index contributed by atoms with van der Waals surface area (Å²) >= 11 is 1.41. The van der Waals surface area contributed by atoms with Crippen molar-refractivity contribution in [3.05, 3.63) is 86.0 Å². The molecule has 4 rings (SSSR count). The van der Waals surface area contributed by atoms with Crippen LogP contribution in [0.2, 0.25) is 0 Å². The van der Waals surface area contributed by atoms with Crippen LogP contribution in [-0.4, -0.2) is 25.1 Å². The van der Waals surface area contributed by atoms with E-state index in [9.17, 15) is 9.59 Å². The van der Waals surface area contributed by atoms with Crippen LogP contribution in [-0.2, 0) is 13.1 Å². The van der Waals surface area contributed by atoms with E-state index >= 15 is 0 Å². The van der Waals surface area contributed by atoms with Crippen molar-refractivity contribution in [2.75, 3.05) is 0 Å². The van der Waals surface area contributed by atoms with Crippen LogP contribution in [0.1, 0.15) is 37.7 Å². The molecule has 0 saturated carbocycles. The lowest BCUT2D eigenvalue weighted by atomic mass is 10.1. The molecule has 0 aliphatic rings. The Morgan fingerprint density at radius 2 is 1.97 bits per heavy atom. The van der Waals surface area contributed by atoms with Gasteiger partial charge in [-0.05, 0) is 38.0 Å². The molecule has 0 radical (unpaired) electrons. The van der Waals surface area contributed by atoms with E-state index in [1.54, 1.807) is 6.20 Å². The van der Waals surface area contributed by atoms with Crippen molar-refractivity contribution in [3.8, 4) is 0 Å². The van der Waals surface area contributed by atoms with Crippen LogP contribution in [0.15, 0.2) is 47.5 Å². The highest BCUT2D eigenvalue weighted by molar-refractivity contribution is 7.16. The van der Waals surface area contributed by atoms with E-state index in [0.717, 1.165) is 27.4 Å². The van der Waals surface area contributed by atoms with Crippen molar-refractivity contribution < 1.29 is 4.79 Å². The van der Waals surface area contributed by atoms with Gasteiger partial charge in [-0.15, -0.1) is 11.3 Å². The minimum Gasteiger partial charge on any atom is -0.348 e. The average Bonchev–Trinajstić information content (AvgIpc) is 3.21. The first-order valence-electron chi connectivity index (χ1n) is 9.25. The molecule has 0 fully saturated rings. The SMILES string of the molecule is Cc1cc(C)n(Cc2cccc(CNC(=O)c3cnc4sc(C)cn4c3=O)c2)n1. The third-order valence-electron chi connectivity index (χ3n) is 4.65. The van der Waals surface area contributed by atoms with E-state index in [0.29, 0.717) is 18.1 Å². The summed E-state index contributed by atoms with van der Waals surface area (Å²) in [4.78, 5) is 30.9. The third kappa shape index (κ3) is 3.97.